The summed E-state index contributed by atoms with van der Waals surface area (Å²) in [5, 5.41) is 0. The minimum Gasteiger partial charge on any atom is -0.414 e. The number of hydrogen-bond acceptors (Lipinski definition) is 1. The Morgan fingerprint density at radius 1 is 1.00 bits per heavy atom. The van der Waals surface area contributed by atoms with Gasteiger partial charge in [0.2, 0.25) is 0 Å². The average Bonchev–Trinajstić information content (AvgIpc) is 2.59. The van der Waals surface area contributed by atoms with Gasteiger partial charge in [-0.25, -0.2) is 0 Å². The van der Waals surface area contributed by atoms with E-state index >= 15 is 0 Å². The molecule has 0 aromatic rings. The Labute approximate surface area is 95.7 Å². The summed E-state index contributed by atoms with van der Waals surface area (Å²) in [6, 6.07) is 2.85. The highest BCUT2D eigenvalue weighted by atomic mass is 28.4. The van der Waals surface area contributed by atoms with Crippen molar-refractivity contribution in [2.24, 2.45) is 11.8 Å². The van der Waals surface area contributed by atoms with Crippen LogP contribution in [0.3, 0.4) is 0 Å². The third kappa shape index (κ3) is 2.85. The summed E-state index contributed by atoms with van der Waals surface area (Å²) < 4.78 is 6.50. The SMILES string of the molecule is CC1CCC(O[Si]2(C)CCCC2)CC1C. The van der Waals surface area contributed by atoms with Gasteiger partial charge in [-0.2, -0.15) is 0 Å². The van der Waals surface area contributed by atoms with Crippen molar-refractivity contribution in [3.63, 3.8) is 0 Å². The first-order valence-electron chi connectivity index (χ1n) is 6.77. The summed E-state index contributed by atoms with van der Waals surface area (Å²) in [6.45, 7) is 7.26. The van der Waals surface area contributed by atoms with Gasteiger partial charge in [0, 0.05) is 6.10 Å². The first-order chi connectivity index (χ1) is 7.09. The smallest absolute Gasteiger partial charge is 0.190 e. The van der Waals surface area contributed by atoms with Gasteiger partial charge in [-0.1, -0.05) is 26.7 Å². The highest BCUT2D eigenvalue weighted by molar-refractivity contribution is 6.73. The Balaban J connectivity index is 1.84. The molecule has 3 atom stereocenters. The van der Waals surface area contributed by atoms with Crippen LogP contribution in [0.5, 0.6) is 0 Å². The highest BCUT2D eigenvalue weighted by Crippen LogP contribution is 2.37. The van der Waals surface area contributed by atoms with Gasteiger partial charge in [0.25, 0.3) is 0 Å². The van der Waals surface area contributed by atoms with E-state index in [2.05, 4.69) is 20.4 Å². The van der Waals surface area contributed by atoms with E-state index in [-0.39, 0.29) is 0 Å². The maximum absolute atomic E-state index is 6.50. The molecule has 88 valence electrons. The lowest BCUT2D eigenvalue weighted by Gasteiger charge is -2.36. The van der Waals surface area contributed by atoms with Crippen LogP contribution in [-0.4, -0.2) is 14.4 Å². The lowest BCUT2D eigenvalue weighted by atomic mass is 9.80. The molecule has 1 nitrogen and oxygen atoms in total. The molecule has 1 aliphatic heterocycles. The standard InChI is InChI=1S/C13H26OSi/c1-11-6-7-13(10-12(11)2)14-15(3)8-4-5-9-15/h11-13H,4-10H2,1-3H3. The van der Waals surface area contributed by atoms with Gasteiger partial charge in [-0.05, 0) is 49.7 Å². The Morgan fingerprint density at radius 2 is 1.67 bits per heavy atom. The van der Waals surface area contributed by atoms with Crippen LogP contribution in [-0.2, 0) is 4.43 Å². The normalized spacial score (nSPS) is 40.6. The third-order valence-corrected chi connectivity index (χ3v) is 8.39. The summed E-state index contributed by atoms with van der Waals surface area (Å²) in [7, 11) is -1.23. The molecule has 0 bridgehead atoms. The minimum absolute atomic E-state index is 0.617. The molecule has 15 heavy (non-hydrogen) atoms. The van der Waals surface area contributed by atoms with Crippen LogP contribution < -0.4 is 0 Å². The van der Waals surface area contributed by atoms with Gasteiger partial charge in [-0.3, -0.25) is 0 Å². The number of rotatable bonds is 2. The van der Waals surface area contributed by atoms with Gasteiger partial charge in [0.1, 0.15) is 0 Å². The van der Waals surface area contributed by atoms with E-state index in [4.69, 9.17) is 4.43 Å². The molecule has 0 amide bonds. The van der Waals surface area contributed by atoms with Crippen molar-refractivity contribution < 1.29 is 4.43 Å². The molecular weight excluding hydrogens is 200 g/mol. The van der Waals surface area contributed by atoms with E-state index in [1.54, 1.807) is 0 Å². The zero-order valence-electron chi connectivity index (χ0n) is 10.6. The number of hydrogen-bond donors (Lipinski definition) is 0. The monoisotopic (exact) mass is 226 g/mol. The van der Waals surface area contributed by atoms with Crippen LogP contribution in [0.25, 0.3) is 0 Å². The van der Waals surface area contributed by atoms with Crippen LogP contribution in [0.1, 0.15) is 46.0 Å². The Hall–Kier alpha value is 0.177. The molecule has 2 rings (SSSR count). The summed E-state index contributed by atoms with van der Waals surface area (Å²) in [4.78, 5) is 0. The zero-order chi connectivity index (χ0) is 10.9. The van der Waals surface area contributed by atoms with Crippen LogP contribution >= 0.6 is 0 Å². The molecule has 1 saturated heterocycles. The predicted octanol–water partition coefficient (Wildman–Crippen LogP) is 4.20. The Bertz CT molecular complexity index is 211. The maximum Gasteiger partial charge on any atom is 0.190 e. The molecule has 1 aliphatic carbocycles. The molecule has 0 spiro atoms. The van der Waals surface area contributed by atoms with Crippen molar-refractivity contribution in [1.29, 1.82) is 0 Å². The summed E-state index contributed by atoms with van der Waals surface area (Å²) in [5.41, 5.74) is 0. The fraction of sp³-hybridized carbons (Fsp3) is 1.00. The first-order valence-corrected chi connectivity index (χ1v) is 9.59. The molecule has 3 unspecified atom stereocenters. The molecule has 2 heteroatoms. The zero-order valence-corrected chi connectivity index (χ0v) is 11.6. The van der Waals surface area contributed by atoms with Crippen LogP contribution in [0.2, 0.25) is 18.6 Å². The second-order valence-corrected chi connectivity index (χ2v) is 10.3. The molecular formula is C13H26OSi. The second-order valence-electron chi connectivity index (χ2n) is 6.16. The largest absolute Gasteiger partial charge is 0.414 e. The minimum atomic E-state index is -1.23. The molecule has 0 N–H and O–H groups in total. The van der Waals surface area contributed by atoms with E-state index in [0.717, 1.165) is 11.8 Å². The summed E-state index contributed by atoms with van der Waals surface area (Å²) >= 11 is 0. The maximum atomic E-state index is 6.50. The summed E-state index contributed by atoms with van der Waals surface area (Å²) in [5.74, 6) is 1.80. The van der Waals surface area contributed by atoms with Crippen molar-refractivity contribution in [2.45, 2.75) is 70.7 Å². The Kier molecular flexibility index (Phi) is 3.56. The van der Waals surface area contributed by atoms with Crippen molar-refractivity contribution in [3.05, 3.63) is 0 Å². The van der Waals surface area contributed by atoms with Crippen molar-refractivity contribution in [1.82, 2.24) is 0 Å². The van der Waals surface area contributed by atoms with Crippen molar-refractivity contribution in [2.75, 3.05) is 0 Å². The molecule has 1 heterocycles. The molecule has 2 fully saturated rings. The van der Waals surface area contributed by atoms with E-state index in [0.29, 0.717) is 6.10 Å². The van der Waals surface area contributed by atoms with Crippen molar-refractivity contribution in [3.8, 4) is 0 Å². The highest BCUT2D eigenvalue weighted by Gasteiger charge is 2.37. The van der Waals surface area contributed by atoms with Crippen LogP contribution in [0.4, 0.5) is 0 Å². The molecule has 1 saturated carbocycles. The van der Waals surface area contributed by atoms with Crippen LogP contribution in [0.15, 0.2) is 0 Å². The second kappa shape index (κ2) is 4.58. The van der Waals surface area contributed by atoms with Gasteiger partial charge >= 0.3 is 0 Å². The van der Waals surface area contributed by atoms with E-state index < -0.39 is 8.32 Å². The average molecular weight is 226 g/mol. The quantitative estimate of drug-likeness (QED) is 0.641. The van der Waals surface area contributed by atoms with Crippen molar-refractivity contribution >= 4 is 8.32 Å². The molecule has 0 aromatic heterocycles. The van der Waals surface area contributed by atoms with Crippen LogP contribution in [0, 0.1) is 11.8 Å². The van der Waals surface area contributed by atoms with Gasteiger partial charge in [-0.15, -0.1) is 0 Å². The lowest BCUT2D eigenvalue weighted by molar-refractivity contribution is 0.0933. The summed E-state index contributed by atoms with van der Waals surface area (Å²) in [6.07, 6.45) is 7.52. The lowest BCUT2D eigenvalue weighted by Crippen LogP contribution is -2.38. The Morgan fingerprint density at radius 3 is 2.27 bits per heavy atom. The van der Waals surface area contributed by atoms with E-state index in [9.17, 15) is 0 Å². The fourth-order valence-corrected chi connectivity index (χ4v) is 6.75. The fourth-order valence-electron chi connectivity index (χ4n) is 3.25. The topological polar surface area (TPSA) is 9.23 Å². The van der Waals surface area contributed by atoms with Gasteiger partial charge in [0.05, 0.1) is 0 Å². The third-order valence-electron chi connectivity index (χ3n) is 4.66. The predicted molar refractivity (Wildman–Crippen MR) is 67.5 cm³/mol. The molecule has 2 aliphatic rings. The van der Waals surface area contributed by atoms with E-state index in [1.807, 2.05) is 0 Å². The molecule has 0 aromatic carbocycles. The van der Waals surface area contributed by atoms with Gasteiger partial charge < -0.3 is 4.43 Å². The van der Waals surface area contributed by atoms with E-state index in [1.165, 1.54) is 44.2 Å². The molecule has 0 radical (unpaired) electrons. The van der Waals surface area contributed by atoms with Gasteiger partial charge in [0.15, 0.2) is 8.32 Å². The first kappa shape index (κ1) is 11.7.